The molecule has 0 spiro atoms. The van der Waals surface area contributed by atoms with E-state index in [1.54, 1.807) is 0 Å². The molecule has 0 saturated carbocycles. The van der Waals surface area contributed by atoms with Gasteiger partial charge >= 0.3 is 6.09 Å². The third kappa shape index (κ3) is 3.82. The third-order valence-corrected chi connectivity index (χ3v) is 1.16. The van der Waals surface area contributed by atoms with Crippen molar-refractivity contribution in [1.82, 2.24) is 5.32 Å². The van der Waals surface area contributed by atoms with Crippen molar-refractivity contribution in [3.8, 4) is 0 Å². The summed E-state index contributed by atoms with van der Waals surface area (Å²) in [6, 6.07) is 0.206. The molecule has 0 aliphatic heterocycles. The average molecular weight is 133 g/mol. The van der Waals surface area contributed by atoms with Crippen LogP contribution in [0.2, 0.25) is 0 Å². The van der Waals surface area contributed by atoms with Crippen LogP contribution < -0.4 is 5.32 Å². The smallest absolute Gasteiger partial charge is 0.407 e. The van der Waals surface area contributed by atoms with E-state index in [4.69, 9.17) is 0 Å². The molecule has 0 aromatic carbocycles. The van der Waals surface area contributed by atoms with Crippen molar-refractivity contribution in [2.75, 3.05) is 7.11 Å². The maximum absolute atomic E-state index is 10.4. The largest absolute Gasteiger partial charge is 0.453 e. The van der Waals surface area contributed by atoms with Gasteiger partial charge in [-0.25, -0.2) is 4.79 Å². The molecule has 0 radical (unpaired) electrons. The molecule has 0 aromatic rings. The zero-order chi connectivity index (χ0) is 7.28. The number of carbonyl (C=O) groups is 1. The Morgan fingerprint density at radius 1 is 1.89 bits per heavy atom. The van der Waals surface area contributed by atoms with Crippen LogP contribution in [0.3, 0.4) is 0 Å². The molecule has 9 heavy (non-hydrogen) atoms. The number of rotatable bonds is 2. The van der Waals surface area contributed by atoms with Crippen LogP contribution in [0.1, 0.15) is 21.7 Å². The molecular formula is C6H15NO2. The van der Waals surface area contributed by atoms with Gasteiger partial charge in [0.15, 0.2) is 0 Å². The lowest BCUT2D eigenvalue weighted by Crippen LogP contribution is -2.31. The fourth-order valence-electron chi connectivity index (χ4n) is 0.362. The van der Waals surface area contributed by atoms with E-state index in [0.29, 0.717) is 0 Å². The molecule has 0 aliphatic carbocycles. The van der Waals surface area contributed by atoms with Crippen LogP contribution in [0.4, 0.5) is 4.79 Å². The van der Waals surface area contributed by atoms with Gasteiger partial charge in [0.05, 0.1) is 7.11 Å². The Balaban J connectivity index is 0. The van der Waals surface area contributed by atoms with E-state index < -0.39 is 0 Å². The minimum absolute atomic E-state index is 0. The molecule has 0 saturated heterocycles. The van der Waals surface area contributed by atoms with Crippen LogP contribution in [0, 0.1) is 0 Å². The van der Waals surface area contributed by atoms with Crippen molar-refractivity contribution in [3.63, 3.8) is 0 Å². The van der Waals surface area contributed by atoms with Crippen molar-refractivity contribution >= 4 is 6.09 Å². The first kappa shape index (κ1) is 8.27. The summed E-state index contributed by atoms with van der Waals surface area (Å²) in [7, 11) is 1.36. The highest BCUT2D eigenvalue weighted by Crippen LogP contribution is 1.87. The van der Waals surface area contributed by atoms with Gasteiger partial charge in [-0.15, -0.1) is 0 Å². The number of nitrogens with one attached hydrogen (secondary N) is 1. The highest BCUT2D eigenvalue weighted by atomic mass is 16.5. The van der Waals surface area contributed by atoms with Crippen molar-refractivity contribution in [3.05, 3.63) is 0 Å². The molecule has 0 aromatic heterocycles. The second-order valence-electron chi connectivity index (χ2n) is 1.95. The summed E-state index contributed by atoms with van der Waals surface area (Å²) in [4.78, 5) is 10.4. The summed E-state index contributed by atoms with van der Waals surface area (Å²) in [5.41, 5.74) is 0. The van der Waals surface area contributed by atoms with Gasteiger partial charge in [0.1, 0.15) is 0 Å². The summed E-state index contributed by atoms with van der Waals surface area (Å²) in [6.45, 7) is 3.93. The van der Waals surface area contributed by atoms with Crippen molar-refractivity contribution < 1.29 is 11.0 Å². The molecule has 1 N–H and O–H groups in total. The van der Waals surface area contributed by atoms with Gasteiger partial charge in [0.25, 0.3) is 0 Å². The predicted molar refractivity (Wildman–Crippen MR) is 37.4 cm³/mol. The number of hydrogen-bond donors (Lipinski definition) is 1. The van der Waals surface area contributed by atoms with Gasteiger partial charge in [0.2, 0.25) is 0 Å². The van der Waals surface area contributed by atoms with E-state index in [2.05, 4.69) is 10.1 Å². The average Bonchev–Trinajstić information content (AvgIpc) is 1.87. The first-order chi connectivity index (χ1) is 4.20. The van der Waals surface area contributed by atoms with Crippen LogP contribution in [0.5, 0.6) is 0 Å². The van der Waals surface area contributed by atoms with Crippen LogP contribution in [-0.4, -0.2) is 19.2 Å². The van der Waals surface area contributed by atoms with E-state index in [9.17, 15) is 4.79 Å². The van der Waals surface area contributed by atoms with Gasteiger partial charge in [-0.05, 0) is 13.3 Å². The lowest BCUT2D eigenvalue weighted by Gasteiger charge is -2.08. The van der Waals surface area contributed by atoms with Crippen molar-refractivity contribution in [2.45, 2.75) is 26.3 Å². The Morgan fingerprint density at radius 2 is 2.44 bits per heavy atom. The molecule has 1 amide bonds. The van der Waals surface area contributed by atoms with Gasteiger partial charge < -0.3 is 10.1 Å². The fraction of sp³-hybridized carbons (Fsp3) is 0.833. The molecule has 3 heteroatoms. The molecule has 0 rings (SSSR count). The first-order valence-corrected chi connectivity index (χ1v) is 3.05. The number of carbonyl (C=O) groups excluding carboxylic acids is 1. The molecule has 1 unspecified atom stereocenters. The summed E-state index contributed by atoms with van der Waals surface area (Å²) in [6.07, 6.45) is 0.569. The zero-order valence-corrected chi connectivity index (χ0v) is 6.10. The molecule has 0 heterocycles. The maximum atomic E-state index is 10.4. The van der Waals surface area contributed by atoms with Gasteiger partial charge in [-0.2, -0.15) is 0 Å². The second kappa shape index (κ2) is 4.18. The minimum Gasteiger partial charge on any atom is -0.453 e. The zero-order valence-electron chi connectivity index (χ0n) is 6.10. The molecule has 0 fully saturated rings. The maximum Gasteiger partial charge on any atom is 0.407 e. The van der Waals surface area contributed by atoms with Gasteiger partial charge in [-0.1, -0.05) is 6.92 Å². The highest BCUT2D eigenvalue weighted by Gasteiger charge is 2.01. The lowest BCUT2D eigenvalue weighted by atomic mass is 10.3. The molecule has 0 aliphatic rings. The Hall–Kier alpha value is -0.730. The minimum atomic E-state index is -0.357. The molecule has 3 nitrogen and oxygen atoms in total. The number of alkyl carbamates (subject to hydrolysis) is 1. The van der Waals surface area contributed by atoms with Crippen LogP contribution >= 0.6 is 0 Å². The fourth-order valence-corrected chi connectivity index (χ4v) is 0.362. The van der Waals surface area contributed by atoms with E-state index in [1.807, 2.05) is 13.8 Å². The number of ether oxygens (including phenoxy) is 1. The number of methoxy groups -OCH3 is 1. The van der Waals surface area contributed by atoms with Crippen LogP contribution in [-0.2, 0) is 4.74 Å². The van der Waals surface area contributed by atoms with E-state index in [1.165, 1.54) is 7.11 Å². The van der Waals surface area contributed by atoms with Crippen molar-refractivity contribution in [2.24, 2.45) is 0 Å². The second-order valence-corrected chi connectivity index (χ2v) is 1.95. The standard InChI is InChI=1S/C6H13NO2.H2/c1-4-5(2)7-6(8)9-3;/h5H,4H2,1-3H3,(H,7,8);1H. The number of hydrogen-bond acceptors (Lipinski definition) is 2. The Morgan fingerprint density at radius 3 is 2.78 bits per heavy atom. The molecular weight excluding hydrogens is 118 g/mol. The predicted octanol–water partition coefficient (Wildman–Crippen LogP) is 1.39. The molecule has 1 atom stereocenters. The van der Waals surface area contributed by atoms with Gasteiger partial charge in [-0.3, -0.25) is 0 Å². The quantitative estimate of drug-likeness (QED) is 0.618. The Kier molecular flexibility index (Phi) is 3.84. The first-order valence-electron chi connectivity index (χ1n) is 3.05. The SMILES string of the molecule is CCC(C)NC(=O)OC.[HH]. The third-order valence-electron chi connectivity index (χ3n) is 1.16. The molecule has 56 valence electrons. The van der Waals surface area contributed by atoms with Gasteiger partial charge in [0, 0.05) is 7.47 Å². The van der Waals surface area contributed by atoms with E-state index in [-0.39, 0.29) is 13.6 Å². The molecule has 0 bridgehead atoms. The highest BCUT2D eigenvalue weighted by molar-refractivity contribution is 5.67. The van der Waals surface area contributed by atoms with Crippen molar-refractivity contribution in [1.29, 1.82) is 0 Å². The summed E-state index contributed by atoms with van der Waals surface area (Å²) in [5, 5.41) is 2.62. The van der Waals surface area contributed by atoms with Crippen LogP contribution in [0.15, 0.2) is 0 Å². The summed E-state index contributed by atoms with van der Waals surface area (Å²) in [5.74, 6) is 0. The Labute approximate surface area is 56.9 Å². The van der Waals surface area contributed by atoms with Crippen LogP contribution in [0.25, 0.3) is 0 Å². The summed E-state index contributed by atoms with van der Waals surface area (Å²) >= 11 is 0. The van der Waals surface area contributed by atoms with E-state index >= 15 is 0 Å². The summed E-state index contributed by atoms with van der Waals surface area (Å²) < 4.78 is 4.37. The number of amides is 1. The lowest BCUT2D eigenvalue weighted by molar-refractivity contribution is 0.167. The monoisotopic (exact) mass is 133 g/mol. The topological polar surface area (TPSA) is 38.3 Å². The normalized spacial score (nSPS) is 12.3. The van der Waals surface area contributed by atoms with E-state index in [0.717, 1.165) is 6.42 Å². The Bertz CT molecular complexity index is 97.7.